The molecule has 12 heteroatoms. The van der Waals surface area contributed by atoms with Crippen molar-refractivity contribution < 1.29 is 35.9 Å². The Labute approximate surface area is 194 Å². The quantitative estimate of drug-likeness (QED) is 0.636. The van der Waals surface area contributed by atoms with Crippen LogP contribution in [0.3, 0.4) is 0 Å². The van der Waals surface area contributed by atoms with Crippen LogP contribution in [0.2, 0.25) is 5.02 Å². The molecule has 1 heterocycles. The largest absolute Gasteiger partial charge is 0.486 e. The molecular formula is C21H22ClF3N2O5S. The number of carbonyl (C=O) groups excluding carboxylic acids is 1. The number of sulfonamides is 1. The molecule has 0 bridgehead atoms. The molecule has 180 valence electrons. The van der Waals surface area contributed by atoms with Crippen LogP contribution in [-0.4, -0.2) is 39.8 Å². The highest BCUT2D eigenvalue weighted by molar-refractivity contribution is 7.92. The molecule has 0 fully saturated rings. The number of hydrogen-bond acceptors (Lipinski definition) is 5. The normalized spacial score (nSPS) is 15.5. The third kappa shape index (κ3) is 5.64. The molecule has 33 heavy (non-hydrogen) atoms. The molecular weight excluding hydrogens is 485 g/mol. The maximum absolute atomic E-state index is 13.3. The Morgan fingerprint density at radius 2 is 1.73 bits per heavy atom. The van der Waals surface area contributed by atoms with Gasteiger partial charge in [0.25, 0.3) is 0 Å². The number of alkyl halides is 3. The summed E-state index contributed by atoms with van der Waals surface area (Å²) in [6.45, 7) is 3.79. The lowest BCUT2D eigenvalue weighted by Gasteiger charge is -2.30. The standard InChI is InChI=1S/C21H22ClF3N2O5S/c1-12(14-4-7-18-19(10-14)32-9-8-31-18)26-20(28)13(2)27(33(3,29)30)15-5-6-17(22)16(11-15)21(23,24)25/h4-7,10-13H,8-9H2,1-3H3,(H,26,28)/t12-,13+/m0/s1. The van der Waals surface area contributed by atoms with Gasteiger partial charge in [0.05, 0.1) is 28.6 Å². The smallest absolute Gasteiger partial charge is 0.417 e. The van der Waals surface area contributed by atoms with E-state index in [1.54, 1.807) is 25.1 Å². The average molecular weight is 507 g/mol. The van der Waals surface area contributed by atoms with Gasteiger partial charge in [-0.15, -0.1) is 0 Å². The van der Waals surface area contributed by atoms with Gasteiger partial charge in [0, 0.05) is 0 Å². The van der Waals surface area contributed by atoms with Crippen LogP contribution in [0, 0.1) is 0 Å². The van der Waals surface area contributed by atoms with Crippen molar-refractivity contribution in [1.29, 1.82) is 0 Å². The molecule has 0 unspecified atom stereocenters. The Balaban J connectivity index is 1.86. The first kappa shape index (κ1) is 25.0. The predicted octanol–water partition coefficient (Wildman–Crippen LogP) is 4.16. The zero-order valence-electron chi connectivity index (χ0n) is 17.9. The second-order valence-corrected chi connectivity index (χ2v) is 9.80. The van der Waals surface area contributed by atoms with E-state index in [2.05, 4.69) is 5.32 Å². The Morgan fingerprint density at radius 3 is 2.33 bits per heavy atom. The van der Waals surface area contributed by atoms with Crippen molar-refractivity contribution in [3.63, 3.8) is 0 Å². The van der Waals surface area contributed by atoms with E-state index >= 15 is 0 Å². The van der Waals surface area contributed by atoms with Gasteiger partial charge in [0.2, 0.25) is 15.9 Å². The van der Waals surface area contributed by atoms with Gasteiger partial charge in [0.1, 0.15) is 19.3 Å². The molecule has 2 atom stereocenters. The summed E-state index contributed by atoms with van der Waals surface area (Å²) >= 11 is 5.64. The molecule has 0 saturated carbocycles. The fourth-order valence-corrected chi connectivity index (χ4v) is 4.81. The van der Waals surface area contributed by atoms with E-state index in [1.165, 1.54) is 6.92 Å². The molecule has 0 spiro atoms. The van der Waals surface area contributed by atoms with Gasteiger partial charge in [-0.25, -0.2) is 8.42 Å². The summed E-state index contributed by atoms with van der Waals surface area (Å²) in [5.41, 5.74) is -0.854. The molecule has 7 nitrogen and oxygen atoms in total. The van der Waals surface area contributed by atoms with Crippen molar-refractivity contribution in [2.75, 3.05) is 23.8 Å². The molecule has 1 aliphatic heterocycles. The third-order valence-corrected chi connectivity index (χ3v) is 6.59. The van der Waals surface area contributed by atoms with E-state index in [9.17, 15) is 26.4 Å². The first-order chi connectivity index (χ1) is 15.3. The number of fused-ring (bicyclic) bond motifs is 1. The molecule has 0 aromatic heterocycles. The fraction of sp³-hybridized carbons (Fsp3) is 0.381. The lowest BCUT2D eigenvalue weighted by atomic mass is 10.1. The van der Waals surface area contributed by atoms with Crippen LogP contribution < -0.4 is 19.1 Å². The van der Waals surface area contributed by atoms with Crippen LogP contribution in [0.5, 0.6) is 11.5 Å². The van der Waals surface area contributed by atoms with Crippen molar-refractivity contribution in [1.82, 2.24) is 5.32 Å². The maximum atomic E-state index is 13.3. The van der Waals surface area contributed by atoms with E-state index in [1.807, 2.05) is 0 Å². The van der Waals surface area contributed by atoms with Crippen LogP contribution in [0.25, 0.3) is 0 Å². The zero-order valence-corrected chi connectivity index (χ0v) is 19.5. The maximum Gasteiger partial charge on any atom is 0.417 e. The van der Waals surface area contributed by atoms with Gasteiger partial charge in [0.15, 0.2) is 11.5 Å². The summed E-state index contributed by atoms with van der Waals surface area (Å²) in [5.74, 6) is 0.390. The molecule has 2 aromatic carbocycles. The van der Waals surface area contributed by atoms with Crippen LogP contribution in [0.1, 0.15) is 31.0 Å². The Kier molecular flexibility index (Phi) is 7.04. The van der Waals surface area contributed by atoms with E-state index < -0.39 is 44.8 Å². The highest BCUT2D eigenvalue weighted by Gasteiger charge is 2.36. The lowest BCUT2D eigenvalue weighted by molar-refractivity contribution is -0.137. The van der Waals surface area contributed by atoms with Crippen molar-refractivity contribution in [2.24, 2.45) is 0 Å². The van der Waals surface area contributed by atoms with Crippen LogP contribution >= 0.6 is 11.6 Å². The lowest BCUT2D eigenvalue weighted by Crippen LogP contribution is -2.48. The minimum atomic E-state index is -4.80. The van der Waals surface area contributed by atoms with Crippen molar-refractivity contribution in [3.8, 4) is 11.5 Å². The zero-order chi connectivity index (χ0) is 24.6. The summed E-state index contributed by atoms with van der Waals surface area (Å²) in [7, 11) is -4.12. The van der Waals surface area contributed by atoms with Gasteiger partial charge < -0.3 is 14.8 Å². The number of benzene rings is 2. The molecule has 1 aliphatic rings. The summed E-state index contributed by atoms with van der Waals surface area (Å²) in [6, 6.07) is 5.91. The van der Waals surface area contributed by atoms with E-state index in [0.717, 1.165) is 18.4 Å². The Bertz CT molecular complexity index is 1160. The summed E-state index contributed by atoms with van der Waals surface area (Å²) in [5, 5.41) is 2.11. The molecule has 0 radical (unpaired) electrons. The first-order valence-corrected chi connectivity index (χ1v) is 12.1. The third-order valence-electron chi connectivity index (χ3n) is 5.02. The number of halogens is 4. The fourth-order valence-electron chi connectivity index (χ4n) is 3.42. The van der Waals surface area contributed by atoms with Crippen LogP contribution in [-0.2, 0) is 21.0 Å². The topological polar surface area (TPSA) is 84.9 Å². The molecule has 0 aliphatic carbocycles. The van der Waals surface area contributed by atoms with E-state index in [-0.39, 0.29) is 5.69 Å². The van der Waals surface area contributed by atoms with E-state index in [0.29, 0.717) is 40.6 Å². The second-order valence-electron chi connectivity index (χ2n) is 7.53. The number of carbonyl (C=O) groups is 1. The van der Waals surface area contributed by atoms with Gasteiger partial charge >= 0.3 is 6.18 Å². The number of anilines is 1. The monoisotopic (exact) mass is 506 g/mol. The molecule has 3 rings (SSSR count). The van der Waals surface area contributed by atoms with Gasteiger partial charge in [-0.1, -0.05) is 17.7 Å². The first-order valence-electron chi connectivity index (χ1n) is 9.85. The Morgan fingerprint density at radius 1 is 1.09 bits per heavy atom. The minimum Gasteiger partial charge on any atom is -0.486 e. The summed E-state index contributed by atoms with van der Waals surface area (Å²) < 4.78 is 76.3. The molecule has 0 saturated heterocycles. The van der Waals surface area contributed by atoms with Gasteiger partial charge in [-0.3, -0.25) is 9.10 Å². The molecule has 2 aromatic rings. The SMILES string of the molecule is C[C@H](NC(=O)[C@@H](C)N(c1ccc(Cl)c(C(F)(F)F)c1)S(C)(=O)=O)c1ccc2c(c1)OCCO2. The van der Waals surface area contributed by atoms with E-state index in [4.69, 9.17) is 21.1 Å². The second kappa shape index (κ2) is 9.30. The summed E-state index contributed by atoms with van der Waals surface area (Å²) in [6.07, 6.45) is -3.99. The molecule has 1 N–H and O–H groups in total. The van der Waals surface area contributed by atoms with Crippen LogP contribution in [0.4, 0.5) is 18.9 Å². The predicted molar refractivity (Wildman–Crippen MR) is 117 cm³/mol. The molecule has 1 amide bonds. The number of rotatable bonds is 6. The number of nitrogens with one attached hydrogen (secondary N) is 1. The van der Waals surface area contributed by atoms with Crippen molar-refractivity contribution in [3.05, 3.63) is 52.5 Å². The summed E-state index contributed by atoms with van der Waals surface area (Å²) in [4.78, 5) is 12.9. The van der Waals surface area contributed by atoms with Gasteiger partial charge in [-0.2, -0.15) is 13.2 Å². The van der Waals surface area contributed by atoms with Crippen LogP contribution in [0.15, 0.2) is 36.4 Å². The van der Waals surface area contributed by atoms with Gasteiger partial charge in [-0.05, 0) is 49.7 Å². The number of ether oxygens (including phenoxy) is 2. The number of nitrogens with zero attached hydrogens (tertiary/aromatic N) is 1. The Hall–Kier alpha value is -2.66. The van der Waals surface area contributed by atoms with Crippen molar-refractivity contribution >= 4 is 33.2 Å². The number of amides is 1. The average Bonchev–Trinajstić information content (AvgIpc) is 2.72. The highest BCUT2D eigenvalue weighted by atomic mass is 35.5. The minimum absolute atomic E-state index is 0.330. The highest BCUT2D eigenvalue weighted by Crippen LogP contribution is 2.38. The number of hydrogen-bond donors (Lipinski definition) is 1. The van der Waals surface area contributed by atoms with Crippen molar-refractivity contribution in [2.45, 2.75) is 32.1 Å².